The van der Waals surface area contributed by atoms with Crippen LogP contribution in [0, 0.1) is 11.7 Å². The fourth-order valence-corrected chi connectivity index (χ4v) is 3.97. The number of hydrogen-bond donors (Lipinski definition) is 1. The van der Waals surface area contributed by atoms with Crippen LogP contribution in [0.3, 0.4) is 0 Å². The molecule has 0 atom stereocenters. The van der Waals surface area contributed by atoms with Crippen LogP contribution in [0.5, 0.6) is 0 Å². The number of amides is 1. The second-order valence-corrected chi connectivity index (χ2v) is 8.63. The minimum absolute atomic E-state index is 0.0187. The molecule has 0 aliphatic carbocycles. The first-order valence-corrected chi connectivity index (χ1v) is 10.3. The zero-order valence-corrected chi connectivity index (χ0v) is 16.4. The Morgan fingerprint density at radius 3 is 2.33 bits per heavy atom. The molecule has 2 aromatic carbocycles. The van der Waals surface area contributed by atoms with Crippen molar-refractivity contribution >= 4 is 15.9 Å². The van der Waals surface area contributed by atoms with Crippen molar-refractivity contribution in [3.05, 3.63) is 66.0 Å². The van der Waals surface area contributed by atoms with Crippen molar-refractivity contribution in [3.8, 4) is 0 Å². The number of nitrogens with one attached hydrogen (secondary N) is 1. The number of carbonyl (C=O) groups is 1. The lowest BCUT2D eigenvalue weighted by molar-refractivity contribution is -0.121. The first-order valence-electron chi connectivity index (χ1n) is 8.86. The van der Waals surface area contributed by atoms with E-state index in [-0.39, 0.29) is 13.1 Å². The van der Waals surface area contributed by atoms with Crippen LogP contribution >= 0.6 is 0 Å². The van der Waals surface area contributed by atoms with E-state index in [1.165, 1.54) is 18.2 Å². The molecule has 2 rings (SSSR count). The van der Waals surface area contributed by atoms with Gasteiger partial charge in [-0.1, -0.05) is 56.3 Å². The van der Waals surface area contributed by atoms with Crippen LogP contribution in [0.1, 0.15) is 25.8 Å². The molecule has 7 heteroatoms. The highest BCUT2D eigenvalue weighted by Gasteiger charge is 2.29. The lowest BCUT2D eigenvalue weighted by Crippen LogP contribution is -2.41. The summed E-state index contributed by atoms with van der Waals surface area (Å²) in [7, 11) is -4.17. The van der Waals surface area contributed by atoms with E-state index in [0.29, 0.717) is 18.0 Å². The Hall–Kier alpha value is -2.25. The van der Waals surface area contributed by atoms with Gasteiger partial charge in [-0.3, -0.25) is 4.79 Å². The minimum Gasteiger partial charge on any atom is -0.355 e. The smallest absolute Gasteiger partial charge is 0.246 e. The molecule has 0 radical (unpaired) electrons. The van der Waals surface area contributed by atoms with Crippen molar-refractivity contribution in [1.29, 1.82) is 0 Å². The van der Waals surface area contributed by atoms with E-state index in [0.717, 1.165) is 16.8 Å². The van der Waals surface area contributed by atoms with E-state index < -0.39 is 26.6 Å². The average Bonchev–Trinajstić information content (AvgIpc) is 2.62. The van der Waals surface area contributed by atoms with Gasteiger partial charge in [0.2, 0.25) is 15.9 Å². The lowest BCUT2D eigenvalue weighted by Gasteiger charge is -2.22. The van der Waals surface area contributed by atoms with Gasteiger partial charge >= 0.3 is 0 Å². The minimum atomic E-state index is -4.17. The van der Waals surface area contributed by atoms with Crippen molar-refractivity contribution in [1.82, 2.24) is 9.62 Å². The van der Waals surface area contributed by atoms with Gasteiger partial charge in [0.05, 0.1) is 6.54 Å². The van der Waals surface area contributed by atoms with E-state index in [1.807, 2.05) is 19.9 Å². The molecule has 0 aliphatic heterocycles. The zero-order chi connectivity index (χ0) is 19.9. The van der Waals surface area contributed by atoms with Crippen LogP contribution in [-0.4, -0.2) is 31.7 Å². The Morgan fingerprint density at radius 2 is 1.70 bits per heavy atom. The van der Waals surface area contributed by atoms with Crippen molar-refractivity contribution in [2.75, 3.05) is 13.1 Å². The molecule has 0 aliphatic rings. The highest BCUT2D eigenvalue weighted by molar-refractivity contribution is 7.89. The van der Waals surface area contributed by atoms with Gasteiger partial charge in [0, 0.05) is 13.1 Å². The molecule has 5 nitrogen and oxygen atoms in total. The monoisotopic (exact) mass is 392 g/mol. The highest BCUT2D eigenvalue weighted by atomic mass is 32.2. The second-order valence-electron chi connectivity index (χ2n) is 6.72. The molecule has 27 heavy (non-hydrogen) atoms. The predicted molar refractivity (Wildman–Crippen MR) is 103 cm³/mol. The van der Waals surface area contributed by atoms with Crippen LogP contribution in [0.2, 0.25) is 0 Å². The van der Waals surface area contributed by atoms with Gasteiger partial charge in [-0.2, -0.15) is 4.31 Å². The van der Waals surface area contributed by atoms with Gasteiger partial charge in [-0.25, -0.2) is 12.8 Å². The average molecular weight is 392 g/mol. The van der Waals surface area contributed by atoms with Crippen molar-refractivity contribution in [2.45, 2.75) is 31.7 Å². The third-order valence-electron chi connectivity index (χ3n) is 4.02. The van der Waals surface area contributed by atoms with Gasteiger partial charge in [0.15, 0.2) is 0 Å². The zero-order valence-electron chi connectivity index (χ0n) is 15.6. The molecule has 0 bridgehead atoms. The molecule has 0 aromatic heterocycles. The van der Waals surface area contributed by atoms with Crippen LogP contribution in [0.4, 0.5) is 4.39 Å². The molecule has 2 aromatic rings. The number of nitrogens with zero attached hydrogens (tertiary/aromatic N) is 1. The fraction of sp³-hybridized carbons (Fsp3) is 0.350. The summed E-state index contributed by atoms with van der Waals surface area (Å²) in [5.74, 6) is -0.824. The Kier molecular flexibility index (Phi) is 7.50. The summed E-state index contributed by atoms with van der Waals surface area (Å²) in [5, 5.41) is 2.73. The molecule has 1 amide bonds. The maximum absolute atomic E-state index is 14.1. The number of hydrogen-bond acceptors (Lipinski definition) is 3. The van der Waals surface area contributed by atoms with E-state index >= 15 is 0 Å². The third-order valence-corrected chi connectivity index (χ3v) is 5.84. The van der Waals surface area contributed by atoms with E-state index in [4.69, 9.17) is 0 Å². The number of benzene rings is 2. The van der Waals surface area contributed by atoms with Crippen molar-refractivity contribution < 1.29 is 17.6 Å². The third kappa shape index (κ3) is 6.15. The Bertz CT molecular complexity index is 855. The van der Waals surface area contributed by atoms with Crippen LogP contribution in [0.15, 0.2) is 59.5 Å². The summed E-state index contributed by atoms with van der Waals surface area (Å²) in [6, 6.07) is 14.1. The first kappa shape index (κ1) is 21.1. The Morgan fingerprint density at radius 1 is 1.07 bits per heavy atom. The SMILES string of the molecule is CC(C)CCNC(=O)CN(Cc1ccccc1)S(=O)(=O)c1ccccc1F. The molecular formula is C20H25FN2O3S. The molecule has 0 saturated heterocycles. The van der Waals surface area contributed by atoms with E-state index in [2.05, 4.69) is 5.32 Å². The summed E-state index contributed by atoms with van der Waals surface area (Å²) in [5.41, 5.74) is 0.715. The summed E-state index contributed by atoms with van der Waals surface area (Å²) in [6.45, 7) is 4.15. The first-order chi connectivity index (χ1) is 12.8. The van der Waals surface area contributed by atoms with E-state index in [9.17, 15) is 17.6 Å². The topological polar surface area (TPSA) is 66.5 Å². The molecule has 0 unspecified atom stereocenters. The van der Waals surface area contributed by atoms with Crippen LogP contribution < -0.4 is 5.32 Å². The summed E-state index contributed by atoms with van der Waals surface area (Å²) >= 11 is 0. The fourth-order valence-electron chi connectivity index (χ4n) is 2.52. The summed E-state index contributed by atoms with van der Waals surface area (Å²) in [6.07, 6.45) is 0.796. The normalized spacial score (nSPS) is 11.7. The lowest BCUT2D eigenvalue weighted by atomic mass is 10.1. The number of sulfonamides is 1. The second kappa shape index (κ2) is 9.62. The number of carbonyl (C=O) groups excluding carboxylic acids is 1. The number of rotatable bonds is 9. The van der Waals surface area contributed by atoms with Crippen LogP contribution in [-0.2, 0) is 21.4 Å². The van der Waals surface area contributed by atoms with E-state index in [1.54, 1.807) is 24.3 Å². The Balaban J connectivity index is 2.24. The molecule has 0 fully saturated rings. The van der Waals surface area contributed by atoms with Gasteiger partial charge in [-0.05, 0) is 30.0 Å². The number of halogens is 1. The van der Waals surface area contributed by atoms with Crippen molar-refractivity contribution in [3.63, 3.8) is 0 Å². The molecule has 0 spiro atoms. The quantitative estimate of drug-likeness (QED) is 0.713. The molecular weight excluding hydrogens is 367 g/mol. The molecule has 1 N–H and O–H groups in total. The van der Waals surface area contributed by atoms with Crippen LogP contribution in [0.25, 0.3) is 0 Å². The predicted octanol–water partition coefficient (Wildman–Crippen LogP) is 3.18. The van der Waals surface area contributed by atoms with Gasteiger partial charge in [-0.15, -0.1) is 0 Å². The van der Waals surface area contributed by atoms with Gasteiger partial charge in [0.25, 0.3) is 0 Å². The maximum atomic E-state index is 14.1. The molecule has 0 saturated carbocycles. The largest absolute Gasteiger partial charge is 0.355 e. The summed E-state index contributed by atoms with van der Waals surface area (Å²) in [4.78, 5) is 11.8. The highest BCUT2D eigenvalue weighted by Crippen LogP contribution is 2.21. The summed E-state index contributed by atoms with van der Waals surface area (Å²) < 4.78 is 41.1. The molecule has 146 valence electrons. The molecule has 0 heterocycles. The van der Waals surface area contributed by atoms with Gasteiger partial charge in [0.1, 0.15) is 10.7 Å². The Labute approximate surface area is 160 Å². The van der Waals surface area contributed by atoms with Gasteiger partial charge < -0.3 is 5.32 Å². The van der Waals surface area contributed by atoms with Crippen molar-refractivity contribution in [2.24, 2.45) is 5.92 Å². The standard InChI is InChI=1S/C20H25FN2O3S/c1-16(2)12-13-22-20(24)15-23(14-17-8-4-3-5-9-17)27(25,26)19-11-7-6-10-18(19)21/h3-11,16H,12-15H2,1-2H3,(H,22,24). The maximum Gasteiger partial charge on any atom is 0.246 e.